The molecule has 0 spiro atoms. The number of rotatable bonds is 5. The number of nitrogens with one attached hydrogen (secondary N) is 1. The van der Waals surface area contributed by atoms with Crippen LogP contribution in [0.3, 0.4) is 0 Å². The molecule has 5 rings (SSSR count). The van der Waals surface area contributed by atoms with Crippen LogP contribution in [0.4, 0.5) is 11.6 Å². The van der Waals surface area contributed by atoms with E-state index in [1.165, 1.54) is 24.0 Å². The number of benzene rings is 1. The van der Waals surface area contributed by atoms with E-state index < -0.39 is 0 Å². The van der Waals surface area contributed by atoms with Gasteiger partial charge in [0.15, 0.2) is 0 Å². The number of aliphatic hydroxyl groups is 1. The second kappa shape index (κ2) is 6.88. The Bertz CT molecular complexity index is 791. The van der Waals surface area contributed by atoms with Crippen molar-refractivity contribution in [1.82, 2.24) is 9.97 Å². The monoisotopic (exact) mass is 352 g/mol. The molecule has 1 aromatic carbocycles. The summed E-state index contributed by atoms with van der Waals surface area (Å²) in [6.07, 6.45) is 2.44. The minimum absolute atomic E-state index is 0.00400. The van der Waals surface area contributed by atoms with Crippen LogP contribution in [0.25, 0.3) is 0 Å². The fourth-order valence-corrected chi connectivity index (χ4v) is 4.37. The average molecular weight is 352 g/mol. The van der Waals surface area contributed by atoms with Crippen LogP contribution in [0.2, 0.25) is 0 Å². The van der Waals surface area contributed by atoms with Gasteiger partial charge in [0, 0.05) is 18.5 Å². The van der Waals surface area contributed by atoms with Gasteiger partial charge in [-0.05, 0) is 36.8 Å². The Hall–Kier alpha value is -2.14. The second-order valence-corrected chi connectivity index (χ2v) is 7.91. The van der Waals surface area contributed by atoms with E-state index in [1.54, 1.807) is 0 Å². The highest BCUT2D eigenvalue weighted by atomic mass is 16.3. The lowest BCUT2D eigenvalue weighted by atomic mass is 9.75. The Balaban J connectivity index is 1.65. The molecule has 2 bridgehead atoms. The lowest BCUT2D eigenvalue weighted by Gasteiger charge is -2.47. The van der Waals surface area contributed by atoms with E-state index in [-0.39, 0.29) is 12.6 Å². The van der Waals surface area contributed by atoms with Gasteiger partial charge < -0.3 is 15.3 Å². The van der Waals surface area contributed by atoms with Gasteiger partial charge in [-0.3, -0.25) is 0 Å². The van der Waals surface area contributed by atoms with Crippen molar-refractivity contribution >= 4 is 11.6 Å². The fraction of sp³-hybridized carbons (Fsp3) is 0.524. The summed E-state index contributed by atoms with van der Waals surface area (Å²) < 4.78 is 0. The Morgan fingerprint density at radius 2 is 1.96 bits per heavy atom. The minimum Gasteiger partial charge on any atom is -0.394 e. The lowest BCUT2D eigenvalue weighted by Crippen LogP contribution is -2.43. The first-order valence-corrected chi connectivity index (χ1v) is 9.65. The Morgan fingerprint density at radius 1 is 1.19 bits per heavy atom. The second-order valence-electron chi connectivity index (χ2n) is 7.91. The molecule has 2 aromatic rings. The molecule has 2 aliphatic heterocycles. The van der Waals surface area contributed by atoms with Crippen LogP contribution in [-0.4, -0.2) is 34.3 Å². The SMILES string of the molecule is Cc1nc(N[C@@H](CO)C(C)C)cc(N2C[C@H]3CC[C@H]2c2ccccc23)n1. The predicted molar refractivity (Wildman–Crippen MR) is 105 cm³/mol. The minimum atomic E-state index is -0.00400. The summed E-state index contributed by atoms with van der Waals surface area (Å²) in [5, 5.41) is 13.0. The lowest BCUT2D eigenvalue weighted by molar-refractivity contribution is 0.249. The van der Waals surface area contributed by atoms with E-state index in [1.807, 2.05) is 13.0 Å². The molecular weight excluding hydrogens is 324 g/mol. The van der Waals surface area contributed by atoms with E-state index in [4.69, 9.17) is 4.98 Å². The smallest absolute Gasteiger partial charge is 0.134 e. The molecule has 0 amide bonds. The topological polar surface area (TPSA) is 61.3 Å². The first-order chi connectivity index (χ1) is 12.6. The average Bonchev–Trinajstić information content (AvgIpc) is 2.66. The summed E-state index contributed by atoms with van der Waals surface area (Å²) in [6.45, 7) is 7.25. The Morgan fingerprint density at radius 3 is 2.69 bits per heavy atom. The van der Waals surface area contributed by atoms with Gasteiger partial charge in [0.2, 0.25) is 0 Å². The first kappa shape index (κ1) is 17.3. The standard InChI is InChI=1S/C21H28N4O/c1-13(2)18(12-26)24-20-10-21(23-14(3)22-20)25-11-15-8-9-19(25)17-7-5-4-6-16(15)17/h4-7,10,13,15,18-19,26H,8-9,11-12H2,1-3H3,(H,22,23,24)/t15-,18+,19+/m1/s1. The van der Waals surface area contributed by atoms with Crippen molar-refractivity contribution in [2.24, 2.45) is 5.92 Å². The Kier molecular flexibility index (Phi) is 4.57. The summed E-state index contributed by atoms with van der Waals surface area (Å²) in [7, 11) is 0. The van der Waals surface area contributed by atoms with E-state index in [0.29, 0.717) is 17.9 Å². The number of aromatic nitrogens is 2. The van der Waals surface area contributed by atoms with E-state index in [2.05, 4.69) is 53.3 Å². The van der Waals surface area contributed by atoms with Crippen LogP contribution in [0.1, 0.15) is 55.6 Å². The maximum Gasteiger partial charge on any atom is 0.134 e. The maximum absolute atomic E-state index is 9.62. The summed E-state index contributed by atoms with van der Waals surface area (Å²) >= 11 is 0. The van der Waals surface area contributed by atoms with Gasteiger partial charge in [-0.2, -0.15) is 0 Å². The normalized spacial score (nSPS) is 22.4. The van der Waals surface area contributed by atoms with Crippen molar-refractivity contribution < 1.29 is 5.11 Å². The van der Waals surface area contributed by atoms with Crippen LogP contribution >= 0.6 is 0 Å². The molecule has 2 N–H and O–H groups in total. The molecule has 1 saturated heterocycles. The van der Waals surface area contributed by atoms with E-state index >= 15 is 0 Å². The molecule has 5 heteroatoms. The molecule has 138 valence electrons. The van der Waals surface area contributed by atoms with Crippen molar-refractivity contribution in [3.63, 3.8) is 0 Å². The highest BCUT2D eigenvalue weighted by molar-refractivity contribution is 5.55. The summed E-state index contributed by atoms with van der Waals surface area (Å²) in [5.74, 6) is 3.47. The van der Waals surface area contributed by atoms with E-state index in [0.717, 1.165) is 24.0 Å². The van der Waals surface area contributed by atoms with Crippen LogP contribution in [-0.2, 0) is 0 Å². The summed E-state index contributed by atoms with van der Waals surface area (Å²) in [5.41, 5.74) is 2.97. The molecule has 3 aliphatic rings. The quantitative estimate of drug-likeness (QED) is 0.860. The zero-order chi connectivity index (χ0) is 18.3. The number of piperidine rings is 1. The highest BCUT2D eigenvalue weighted by Gasteiger charge is 2.38. The molecule has 5 nitrogen and oxygen atoms in total. The van der Waals surface area contributed by atoms with Gasteiger partial charge in [0.25, 0.3) is 0 Å². The van der Waals surface area contributed by atoms with E-state index in [9.17, 15) is 5.11 Å². The number of fused-ring (bicyclic) bond motifs is 2. The third-order valence-corrected chi connectivity index (χ3v) is 5.83. The molecule has 0 unspecified atom stereocenters. The van der Waals surface area contributed by atoms with Gasteiger partial charge in [-0.25, -0.2) is 9.97 Å². The number of aliphatic hydroxyl groups excluding tert-OH is 1. The van der Waals surface area contributed by atoms with Crippen molar-refractivity contribution in [3.8, 4) is 0 Å². The molecule has 0 saturated carbocycles. The number of hydrogen-bond acceptors (Lipinski definition) is 5. The molecule has 3 heterocycles. The molecule has 1 fully saturated rings. The third kappa shape index (κ3) is 3.05. The third-order valence-electron chi connectivity index (χ3n) is 5.83. The largest absolute Gasteiger partial charge is 0.394 e. The van der Waals surface area contributed by atoms with Gasteiger partial charge in [0.1, 0.15) is 17.5 Å². The zero-order valence-electron chi connectivity index (χ0n) is 15.8. The molecular formula is C21H28N4O. The van der Waals surface area contributed by atoms with Gasteiger partial charge in [-0.1, -0.05) is 38.1 Å². The first-order valence-electron chi connectivity index (χ1n) is 9.65. The van der Waals surface area contributed by atoms with Crippen LogP contribution in [0, 0.1) is 12.8 Å². The van der Waals surface area contributed by atoms with Crippen LogP contribution in [0.15, 0.2) is 30.3 Å². The number of nitrogens with zero attached hydrogens (tertiary/aromatic N) is 3. The molecule has 0 radical (unpaired) electrons. The van der Waals surface area contributed by atoms with Crippen LogP contribution in [0.5, 0.6) is 0 Å². The highest BCUT2D eigenvalue weighted by Crippen LogP contribution is 2.48. The van der Waals surface area contributed by atoms with Crippen molar-refractivity contribution in [2.75, 3.05) is 23.4 Å². The zero-order valence-corrected chi connectivity index (χ0v) is 15.8. The van der Waals surface area contributed by atoms with Gasteiger partial charge >= 0.3 is 0 Å². The Labute approximate surface area is 155 Å². The molecule has 26 heavy (non-hydrogen) atoms. The van der Waals surface area contributed by atoms with Crippen molar-refractivity contribution in [2.45, 2.75) is 51.6 Å². The number of hydrogen-bond donors (Lipinski definition) is 2. The predicted octanol–water partition coefficient (Wildman–Crippen LogP) is 3.65. The maximum atomic E-state index is 9.62. The molecule has 1 aromatic heterocycles. The van der Waals surface area contributed by atoms with Gasteiger partial charge in [-0.15, -0.1) is 0 Å². The fourth-order valence-electron chi connectivity index (χ4n) is 4.37. The number of anilines is 2. The summed E-state index contributed by atoms with van der Waals surface area (Å²) in [4.78, 5) is 11.7. The van der Waals surface area contributed by atoms with Gasteiger partial charge in [0.05, 0.1) is 18.7 Å². The van der Waals surface area contributed by atoms with Crippen molar-refractivity contribution in [1.29, 1.82) is 0 Å². The molecule has 3 atom stereocenters. The molecule has 1 aliphatic carbocycles. The number of aryl methyl sites for hydroxylation is 1. The van der Waals surface area contributed by atoms with Crippen molar-refractivity contribution in [3.05, 3.63) is 47.3 Å². The summed E-state index contributed by atoms with van der Waals surface area (Å²) in [6, 6.07) is 11.3. The van der Waals surface area contributed by atoms with Crippen LogP contribution < -0.4 is 10.2 Å².